The van der Waals surface area contributed by atoms with E-state index >= 15 is 0 Å². The van der Waals surface area contributed by atoms with Gasteiger partial charge >= 0.3 is 0 Å². The molecule has 2 aliphatic rings. The Morgan fingerprint density at radius 1 is 1.35 bits per heavy atom. The zero-order valence-electron chi connectivity index (χ0n) is 11.9. The predicted octanol–water partition coefficient (Wildman–Crippen LogP) is 2.92. The third kappa shape index (κ3) is 3.59. The summed E-state index contributed by atoms with van der Waals surface area (Å²) in [6, 6.07) is 0.796. The molecule has 2 atom stereocenters. The molecule has 2 unspecified atom stereocenters. The van der Waals surface area contributed by atoms with Gasteiger partial charge in [-0.15, -0.1) is 12.4 Å². The molecule has 0 aromatic rings. The lowest BCUT2D eigenvalue weighted by Gasteiger charge is -2.39. The molecule has 17 heavy (non-hydrogen) atoms. The van der Waals surface area contributed by atoms with Gasteiger partial charge in [-0.1, -0.05) is 27.7 Å². The van der Waals surface area contributed by atoms with Gasteiger partial charge in [-0.25, -0.2) is 0 Å². The number of nitrogens with one attached hydrogen (secondary N) is 1. The van der Waals surface area contributed by atoms with E-state index in [1.165, 1.54) is 45.4 Å². The van der Waals surface area contributed by atoms with Crippen LogP contribution in [0.2, 0.25) is 0 Å². The first kappa shape index (κ1) is 15.3. The van der Waals surface area contributed by atoms with Crippen LogP contribution < -0.4 is 5.32 Å². The SMILES string of the molecule is CC1(CN2CCCC2C(C)(C)C)CCNC1.Cl. The molecule has 2 nitrogen and oxygen atoms in total. The Kier molecular flexibility index (Phi) is 4.90. The summed E-state index contributed by atoms with van der Waals surface area (Å²) in [4.78, 5) is 2.76. The van der Waals surface area contributed by atoms with Crippen molar-refractivity contribution in [2.24, 2.45) is 10.8 Å². The fourth-order valence-electron chi connectivity index (χ4n) is 3.49. The van der Waals surface area contributed by atoms with Crippen molar-refractivity contribution in [1.29, 1.82) is 0 Å². The maximum Gasteiger partial charge on any atom is 0.0144 e. The van der Waals surface area contributed by atoms with Gasteiger partial charge in [-0.05, 0) is 43.2 Å². The van der Waals surface area contributed by atoms with E-state index in [0.717, 1.165) is 6.04 Å². The van der Waals surface area contributed by atoms with Crippen LogP contribution in [0, 0.1) is 10.8 Å². The summed E-state index contributed by atoms with van der Waals surface area (Å²) in [5.41, 5.74) is 0.965. The second-order valence-electron chi connectivity index (χ2n) is 7.23. The highest BCUT2D eigenvalue weighted by Crippen LogP contribution is 2.36. The van der Waals surface area contributed by atoms with Gasteiger partial charge in [0.2, 0.25) is 0 Å². The molecule has 2 rings (SSSR count). The van der Waals surface area contributed by atoms with Crippen molar-refractivity contribution in [3.63, 3.8) is 0 Å². The molecule has 2 aliphatic heterocycles. The standard InChI is InChI=1S/C14H28N2.ClH/c1-13(2,3)12-6-5-9-16(12)11-14(4)7-8-15-10-14;/h12,15H,5-11H2,1-4H3;1H. The number of halogens is 1. The summed E-state index contributed by atoms with van der Waals surface area (Å²) < 4.78 is 0. The van der Waals surface area contributed by atoms with E-state index < -0.39 is 0 Å². The first-order chi connectivity index (χ1) is 7.41. The Balaban J connectivity index is 0.00000144. The molecule has 0 amide bonds. The van der Waals surface area contributed by atoms with Gasteiger partial charge in [-0.3, -0.25) is 4.90 Å². The first-order valence-corrected chi connectivity index (χ1v) is 6.86. The van der Waals surface area contributed by atoms with Crippen LogP contribution in [-0.2, 0) is 0 Å². The maximum atomic E-state index is 3.51. The molecular weight excluding hydrogens is 232 g/mol. The molecule has 0 saturated carbocycles. The molecule has 3 heteroatoms. The zero-order valence-corrected chi connectivity index (χ0v) is 12.7. The normalized spacial score (nSPS) is 34.9. The predicted molar refractivity (Wildman–Crippen MR) is 76.9 cm³/mol. The topological polar surface area (TPSA) is 15.3 Å². The van der Waals surface area contributed by atoms with Crippen molar-refractivity contribution in [1.82, 2.24) is 10.2 Å². The Morgan fingerprint density at radius 3 is 2.59 bits per heavy atom. The number of rotatable bonds is 2. The van der Waals surface area contributed by atoms with Crippen LogP contribution in [0.5, 0.6) is 0 Å². The molecule has 0 aromatic carbocycles. The Labute approximate surface area is 113 Å². The van der Waals surface area contributed by atoms with Gasteiger partial charge < -0.3 is 5.32 Å². The summed E-state index contributed by atoms with van der Waals surface area (Å²) in [5, 5.41) is 3.51. The molecule has 0 aromatic heterocycles. The van der Waals surface area contributed by atoms with E-state index in [2.05, 4.69) is 37.9 Å². The van der Waals surface area contributed by atoms with E-state index in [4.69, 9.17) is 0 Å². The van der Waals surface area contributed by atoms with Crippen molar-refractivity contribution >= 4 is 12.4 Å². The fourth-order valence-corrected chi connectivity index (χ4v) is 3.49. The van der Waals surface area contributed by atoms with Crippen LogP contribution >= 0.6 is 12.4 Å². The minimum absolute atomic E-state index is 0. The van der Waals surface area contributed by atoms with Crippen LogP contribution in [0.15, 0.2) is 0 Å². The van der Waals surface area contributed by atoms with Crippen molar-refractivity contribution in [3.8, 4) is 0 Å². The Morgan fingerprint density at radius 2 is 2.06 bits per heavy atom. The van der Waals surface area contributed by atoms with Gasteiger partial charge in [0, 0.05) is 19.1 Å². The average Bonchev–Trinajstić information content (AvgIpc) is 2.73. The van der Waals surface area contributed by atoms with Gasteiger partial charge in [0.1, 0.15) is 0 Å². The van der Waals surface area contributed by atoms with Crippen LogP contribution in [0.25, 0.3) is 0 Å². The van der Waals surface area contributed by atoms with Gasteiger partial charge in [0.25, 0.3) is 0 Å². The number of hydrogen-bond acceptors (Lipinski definition) is 2. The maximum absolute atomic E-state index is 3.51. The van der Waals surface area contributed by atoms with Crippen LogP contribution in [0.4, 0.5) is 0 Å². The monoisotopic (exact) mass is 260 g/mol. The Hall–Kier alpha value is 0.210. The summed E-state index contributed by atoms with van der Waals surface area (Å²) in [6.07, 6.45) is 4.14. The largest absolute Gasteiger partial charge is 0.316 e. The molecule has 0 aliphatic carbocycles. The highest BCUT2D eigenvalue weighted by Gasteiger charge is 2.38. The van der Waals surface area contributed by atoms with E-state index in [-0.39, 0.29) is 12.4 Å². The van der Waals surface area contributed by atoms with Crippen molar-refractivity contribution in [3.05, 3.63) is 0 Å². The van der Waals surface area contributed by atoms with Crippen molar-refractivity contribution < 1.29 is 0 Å². The molecule has 0 spiro atoms. The molecule has 2 heterocycles. The van der Waals surface area contributed by atoms with E-state index in [0.29, 0.717) is 10.8 Å². The molecule has 0 radical (unpaired) electrons. The lowest BCUT2D eigenvalue weighted by Crippen LogP contribution is -2.45. The van der Waals surface area contributed by atoms with Crippen molar-refractivity contribution in [2.75, 3.05) is 26.2 Å². The van der Waals surface area contributed by atoms with Gasteiger partial charge in [-0.2, -0.15) is 0 Å². The molecule has 2 saturated heterocycles. The van der Waals surface area contributed by atoms with E-state index in [1.807, 2.05) is 0 Å². The Bertz CT molecular complexity index is 241. The summed E-state index contributed by atoms with van der Waals surface area (Å²) >= 11 is 0. The number of nitrogens with zero attached hydrogens (tertiary/aromatic N) is 1. The number of likely N-dealkylation sites (tertiary alicyclic amines) is 1. The quantitative estimate of drug-likeness (QED) is 0.821. The molecule has 2 fully saturated rings. The summed E-state index contributed by atoms with van der Waals surface area (Å²) in [6.45, 7) is 14.7. The smallest absolute Gasteiger partial charge is 0.0144 e. The number of hydrogen-bond donors (Lipinski definition) is 1. The minimum atomic E-state index is 0. The average molecular weight is 261 g/mol. The van der Waals surface area contributed by atoms with E-state index in [1.54, 1.807) is 0 Å². The second-order valence-corrected chi connectivity index (χ2v) is 7.23. The molecular formula is C14H29ClN2. The van der Waals surface area contributed by atoms with Gasteiger partial charge in [0.15, 0.2) is 0 Å². The molecule has 1 N–H and O–H groups in total. The third-order valence-electron chi connectivity index (χ3n) is 4.41. The summed E-state index contributed by atoms with van der Waals surface area (Å²) in [7, 11) is 0. The van der Waals surface area contributed by atoms with E-state index in [9.17, 15) is 0 Å². The molecule has 102 valence electrons. The third-order valence-corrected chi connectivity index (χ3v) is 4.41. The van der Waals surface area contributed by atoms with Crippen LogP contribution in [-0.4, -0.2) is 37.1 Å². The highest BCUT2D eigenvalue weighted by molar-refractivity contribution is 5.85. The van der Waals surface area contributed by atoms with Gasteiger partial charge in [0.05, 0.1) is 0 Å². The zero-order chi connectivity index (χ0) is 11.8. The van der Waals surface area contributed by atoms with Crippen LogP contribution in [0.3, 0.4) is 0 Å². The highest BCUT2D eigenvalue weighted by atomic mass is 35.5. The lowest BCUT2D eigenvalue weighted by atomic mass is 9.83. The molecule has 0 bridgehead atoms. The van der Waals surface area contributed by atoms with Crippen molar-refractivity contribution in [2.45, 2.75) is 53.0 Å². The second kappa shape index (κ2) is 5.46. The summed E-state index contributed by atoms with van der Waals surface area (Å²) in [5.74, 6) is 0. The first-order valence-electron chi connectivity index (χ1n) is 6.86. The lowest BCUT2D eigenvalue weighted by molar-refractivity contribution is 0.0978. The minimum Gasteiger partial charge on any atom is -0.316 e. The van der Waals surface area contributed by atoms with Crippen LogP contribution in [0.1, 0.15) is 47.0 Å². The fraction of sp³-hybridized carbons (Fsp3) is 1.00.